The van der Waals surface area contributed by atoms with Crippen molar-refractivity contribution in [1.29, 1.82) is 0 Å². The maximum absolute atomic E-state index is 10.7. The first kappa shape index (κ1) is 12.8. The Balaban J connectivity index is 2.16. The van der Waals surface area contributed by atoms with E-state index >= 15 is 0 Å². The van der Waals surface area contributed by atoms with Crippen molar-refractivity contribution in [1.82, 2.24) is 9.78 Å². The summed E-state index contributed by atoms with van der Waals surface area (Å²) in [5, 5.41) is 4.14. The van der Waals surface area contributed by atoms with Crippen LogP contribution in [0.4, 0.5) is 5.69 Å². The van der Waals surface area contributed by atoms with Crippen LogP contribution in [0, 0.1) is 0 Å². The van der Waals surface area contributed by atoms with Crippen molar-refractivity contribution in [2.45, 2.75) is 6.54 Å². The second-order valence-corrected chi connectivity index (χ2v) is 5.06. The van der Waals surface area contributed by atoms with Crippen LogP contribution in [0.15, 0.2) is 35.1 Å². The number of benzene rings is 1. The van der Waals surface area contributed by atoms with Crippen LogP contribution < -0.4 is 4.90 Å². The van der Waals surface area contributed by atoms with E-state index in [1.54, 1.807) is 4.68 Å². The smallest absolute Gasteiger partial charge is 0.151 e. The van der Waals surface area contributed by atoms with Crippen LogP contribution >= 0.6 is 15.9 Å². The lowest BCUT2D eigenvalue weighted by atomic mass is 10.2. The first-order valence-corrected chi connectivity index (χ1v) is 6.33. The Morgan fingerprint density at radius 3 is 2.83 bits per heavy atom. The van der Waals surface area contributed by atoms with Gasteiger partial charge in [-0.25, -0.2) is 0 Å². The zero-order valence-electron chi connectivity index (χ0n) is 10.3. The van der Waals surface area contributed by atoms with E-state index in [1.165, 1.54) is 0 Å². The molecule has 0 N–H and O–H groups in total. The summed E-state index contributed by atoms with van der Waals surface area (Å²) in [6.07, 6.45) is 4.69. The predicted octanol–water partition coefficient (Wildman–Crippen LogP) is 2.63. The van der Waals surface area contributed by atoms with Crippen LogP contribution in [-0.2, 0) is 13.6 Å². The van der Waals surface area contributed by atoms with Crippen molar-refractivity contribution in [3.05, 3.63) is 46.2 Å². The van der Waals surface area contributed by atoms with Crippen LogP contribution in [0.1, 0.15) is 15.9 Å². The monoisotopic (exact) mass is 307 g/mol. The SMILES string of the molecule is CN(Cc1cnn(C)c1)c1ccc(C=O)c(Br)c1. The van der Waals surface area contributed by atoms with Crippen LogP contribution in [0.5, 0.6) is 0 Å². The maximum atomic E-state index is 10.7. The Hall–Kier alpha value is -1.62. The Labute approximate surface area is 114 Å². The molecule has 0 aliphatic rings. The van der Waals surface area contributed by atoms with Gasteiger partial charge in [-0.3, -0.25) is 9.48 Å². The summed E-state index contributed by atoms with van der Waals surface area (Å²) in [6, 6.07) is 5.69. The molecule has 0 atom stereocenters. The van der Waals surface area contributed by atoms with E-state index in [2.05, 4.69) is 25.9 Å². The number of hydrogen-bond acceptors (Lipinski definition) is 3. The van der Waals surface area contributed by atoms with Gasteiger partial charge in [0.15, 0.2) is 6.29 Å². The number of aryl methyl sites for hydroxylation is 1. The molecule has 1 aromatic heterocycles. The molecule has 0 bridgehead atoms. The second kappa shape index (κ2) is 5.35. The standard InChI is InChI=1S/C13H14BrN3O/c1-16(7-10-6-15-17(2)8-10)12-4-3-11(9-18)13(14)5-12/h3-6,8-9H,7H2,1-2H3. The van der Waals surface area contributed by atoms with Gasteiger partial charge < -0.3 is 4.90 Å². The van der Waals surface area contributed by atoms with Gasteiger partial charge in [0.25, 0.3) is 0 Å². The number of nitrogens with zero attached hydrogens (tertiary/aromatic N) is 3. The van der Waals surface area contributed by atoms with E-state index in [0.717, 1.165) is 28.6 Å². The number of carbonyl (C=O) groups is 1. The summed E-state index contributed by atoms with van der Waals surface area (Å²) in [6.45, 7) is 0.778. The van der Waals surface area contributed by atoms with Gasteiger partial charge in [0.2, 0.25) is 0 Å². The van der Waals surface area contributed by atoms with Gasteiger partial charge >= 0.3 is 0 Å². The maximum Gasteiger partial charge on any atom is 0.151 e. The van der Waals surface area contributed by atoms with Gasteiger partial charge in [-0.1, -0.05) is 0 Å². The highest BCUT2D eigenvalue weighted by atomic mass is 79.9. The minimum absolute atomic E-state index is 0.661. The fourth-order valence-electron chi connectivity index (χ4n) is 1.77. The molecule has 5 heteroatoms. The molecule has 0 fully saturated rings. The van der Waals surface area contributed by atoms with Crippen molar-refractivity contribution in [3.8, 4) is 0 Å². The topological polar surface area (TPSA) is 38.1 Å². The molecule has 1 aromatic carbocycles. The predicted molar refractivity (Wildman–Crippen MR) is 74.8 cm³/mol. The zero-order chi connectivity index (χ0) is 13.1. The van der Waals surface area contributed by atoms with Crippen LogP contribution in [0.25, 0.3) is 0 Å². The molecule has 0 saturated carbocycles. The third-order valence-corrected chi connectivity index (χ3v) is 3.42. The Kier molecular flexibility index (Phi) is 3.81. The Bertz CT molecular complexity index is 565. The van der Waals surface area contributed by atoms with Crippen molar-refractivity contribution in [2.24, 2.45) is 7.05 Å². The first-order chi connectivity index (χ1) is 8.60. The Morgan fingerprint density at radius 1 is 1.50 bits per heavy atom. The van der Waals surface area contributed by atoms with E-state index in [1.807, 2.05) is 44.7 Å². The molecule has 1 heterocycles. The van der Waals surface area contributed by atoms with E-state index < -0.39 is 0 Å². The quantitative estimate of drug-likeness (QED) is 0.815. The summed E-state index contributed by atoms with van der Waals surface area (Å²) in [7, 11) is 3.91. The van der Waals surface area contributed by atoms with E-state index in [0.29, 0.717) is 5.56 Å². The van der Waals surface area contributed by atoms with Crippen LogP contribution in [0.2, 0.25) is 0 Å². The summed E-state index contributed by atoms with van der Waals surface area (Å²) in [4.78, 5) is 12.9. The molecule has 0 spiro atoms. The minimum atomic E-state index is 0.661. The lowest BCUT2D eigenvalue weighted by molar-refractivity contribution is 0.112. The van der Waals surface area contributed by atoms with Gasteiger partial charge in [0, 0.05) is 48.1 Å². The molecular formula is C13H14BrN3O. The molecule has 2 rings (SSSR count). The number of rotatable bonds is 4. The highest BCUT2D eigenvalue weighted by Gasteiger charge is 2.06. The average molecular weight is 308 g/mol. The van der Waals surface area contributed by atoms with E-state index in [4.69, 9.17) is 0 Å². The second-order valence-electron chi connectivity index (χ2n) is 4.20. The number of aldehydes is 1. The van der Waals surface area contributed by atoms with Crippen LogP contribution in [0.3, 0.4) is 0 Å². The highest BCUT2D eigenvalue weighted by Crippen LogP contribution is 2.23. The van der Waals surface area contributed by atoms with Crippen molar-refractivity contribution in [3.63, 3.8) is 0 Å². The number of aromatic nitrogens is 2. The van der Waals surface area contributed by atoms with Crippen molar-refractivity contribution < 1.29 is 4.79 Å². The third-order valence-electron chi connectivity index (χ3n) is 2.73. The summed E-state index contributed by atoms with van der Waals surface area (Å²) < 4.78 is 2.60. The van der Waals surface area contributed by atoms with Crippen molar-refractivity contribution in [2.75, 3.05) is 11.9 Å². The lowest BCUT2D eigenvalue weighted by Gasteiger charge is -2.19. The Morgan fingerprint density at radius 2 is 2.28 bits per heavy atom. The summed E-state index contributed by atoms with van der Waals surface area (Å²) in [5.41, 5.74) is 2.86. The van der Waals surface area contributed by atoms with E-state index in [9.17, 15) is 4.79 Å². The van der Waals surface area contributed by atoms with Gasteiger partial charge in [-0.2, -0.15) is 5.10 Å². The zero-order valence-corrected chi connectivity index (χ0v) is 11.9. The molecular weight excluding hydrogens is 294 g/mol. The number of anilines is 1. The molecule has 0 aliphatic heterocycles. The van der Waals surface area contributed by atoms with E-state index in [-0.39, 0.29) is 0 Å². The van der Waals surface area contributed by atoms with Gasteiger partial charge in [0.05, 0.1) is 6.20 Å². The minimum Gasteiger partial charge on any atom is -0.370 e. The highest BCUT2D eigenvalue weighted by molar-refractivity contribution is 9.10. The molecule has 0 unspecified atom stereocenters. The normalized spacial score (nSPS) is 10.4. The lowest BCUT2D eigenvalue weighted by Crippen LogP contribution is -2.16. The van der Waals surface area contributed by atoms with Gasteiger partial charge in [0.1, 0.15) is 0 Å². The molecule has 0 aliphatic carbocycles. The fourth-order valence-corrected chi connectivity index (χ4v) is 2.23. The first-order valence-electron chi connectivity index (χ1n) is 5.53. The molecule has 2 aromatic rings. The molecule has 0 radical (unpaired) electrons. The van der Waals surface area contributed by atoms with Crippen LogP contribution in [-0.4, -0.2) is 23.1 Å². The molecule has 4 nitrogen and oxygen atoms in total. The fraction of sp³-hybridized carbons (Fsp3) is 0.231. The van der Waals surface area contributed by atoms with Gasteiger partial charge in [-0.05, 0) is 34.1 Å². The number of carbonyl (C=O) groups excluding carboxylic acids is 1. The number of hydrogen-bond donors (Lipinski definition) is 0. The molecule has 18 heavy (non-hydrogen) atoms. The van der Waals surface area contributed by atoms with Crippen molar-refractivity contribution >= 4 is 27.9 Å². The summed E-state index contributed by atoms with van der Waals surface area (Å²) in [5.74, 6) is 0. The summed E-state index contributed by atoms with van der Waals surface area (Å²) >= 11 is 3.39. The number of halogens is 1. The molecule has 0 amide bonds. The third kappa shape index (κ3) is 2.79. The average Bonchev–Trinajstić information content (AvgIpc) is 2.74. The largest absolute Gasteiger partial charge is 0.370 e. The molecule has 94 valence electrons. The van der Waals surface area contributed by atoms with Gasteiger partial charge in [-0.15, -0.1) is 0 Å². The molecule has 0 saturated heterocycles.